The molecule has 0 spiro atoms. The van der Waals surface area contributed by atoms with Gasteiger partial charge in [-0.2, -0.15) is 5.10 Å². The lowest BCUT2D eigenvalue weighted by atomic mass is 10.1. The molecule has 144 valence electrons. The lowest BCUT2D eigenvalue weighted by Gasteiger charge is -2.06. The molecule has 0 radical (unpaired) electrons. The van der Waals surface area contributed by atoms with E-state index in [-0.39, 0.29) is 5.91 Å². The number of para-hydroxylation sites is 1. The summed E-state index contributed by atoms with van der Waals surface area (Å²) in [5.74, 6) is 0.505. The molecule has 0 aliphatic carbocycles. The van der Waals surface area contributed by atoms with Crippen LogP contribution < -0.4 is 10.1 Å². The number of rotatable bonds is 5. The number of nitrogens with zero attached hydrogens (tertiary/aromatic N) is 2. The number of benzene rings is 3. The van der Waals surface area contributed by atoms with Gasteiger partial charge in [0.05, 0.1) is 18.4 Å². The largest absolute Gasteiger partial charge is 0.497 e. The van der Waals surface area contributed by atoms with Crippen molar-refractivity contribution in [2.45, 2.75) is 0 Å². The minimum atomic E-state index is -0.227. The van der Waals surface area contributed by atoms with Gasteiger partial charge in [-0.15, -0.1) is 0 Å². The minimum absolute atomic E-state index is 0.227. The Balaban J connectivity index is 1.72. The van der Waals surface area contributed by atoms with Crippen molar-refractivity contribution < 1.29 is 9.53 Å². The molecule has 1 heterocycles. The lowest BCUT2D eigenvalue weighted by molar-refractivity contribution is 0.102. The number of halogens is 1. The number of carbonyl (C=O) groups excluding carboxylic acids is 1. The highest BCUT2D eigenvalue weighted by Crippen LogP contribution is 2.26. The maximum atomic E-state index is 13.1. The zero-order chi connectivity index (χ0) is 20.2. The molecule has 1 aromatic heterocycles. The molecule has 0 fully saturated rings. The van der Waals surface area contributed by atoms with Gasteiger partial charge < -0.3 is 10.1 Å². The first-order chi connectivity index (χ1) is 14.1. The number of hydrogen-bond acceptors (Lipinski definition) is 3. The molecule has 0 aliphatic heterocycles. The van der Waals surface area contributed by atoms with Gasteiger partial charge in [-0.05, 0) is 48.5 Å². The van der Waals surface area contributed by atoms with E-state index in [1.165, 1.54) is 0 Å². The van der Waals surface area contributed by atoms with Crippen molar-refractivity contribution in [1.29, 1.82) is 0 Å². The smallest absolute Gasteiger partial charge is 0.259 e. The number of carbonyl (C=O) groups is 1. The molecule has 0 bridgehead atoms. The minimum Gasteiger partial charge on any atom is -0.497 e. The van der Waals surface area contributed by atoms with Crippen LogP contribution in [0.3, 0.4) is 0 Å². The fourth-order valence-electron chi connectivity index (χ4n) is 2.95. The maximum Gasteiger partial charge on any atom is 0.259 e. The fourth-order valence-corrected chi connectivity index (χ4v) is 3.21. The predicted molar refractivity (Wildman–Crippen MR) is 118 cm³/mol. The molecule has 1 N–H and O–H groups in total. The Morgan fingerprint density at radius 3 is 2.31 bits per heavy atom. The van der Waals surface area contributed by atoms with E-state index in [0.29, 0.717) is 16.9 Å². The van der Waals surface area contributed by atoms with Crippen molar-refractivity contribution in [2.75, 3.05) is 12.4 Å². The van der Waals surface area contributed by atoms with Crippen LogP contribution in [0.2, 0.25) is 0 Å². The quantitative estimate of drug-likeness (QED) is 0.435. The van der Waals surface area contributed by atoms with Crippen LogP contribution in [0.25, 0.3) is 16.9 Å². The predicted octanol–water partition coefficient (Wildman–Crippen LogP) is 5.56. The summed E-state index contributed by atoms with van der Waals surface area (Å²) in [6.07, 6.45) is 1.76. The third-order valence-corrected chi connectivity index (χ3v) is 4.97. The van der Waals surface area contributed by atoms with Crippen molar-refractivity contribution in [2.24, 2.45) is 0 Å². The summed E-state index contributed by atoms with van der Waals surface area (Å²) in [6, 6.07) is 24.7. The Bertz CT molecular complexity index is 1120. The summed E-state index contributed by atoms with van der Waals surface area (Å²) in [7, 11) is 1.61. The van der Waals surface area contributed by atoms with Crippen molar-refractivity contribution >= 4 is 27.5 Å². The number of ether oxygens (including phenoxy) is 1. The van der Waals surface area contributed by atoms with Gasteiger partial charge in [-0.3, -0.25) is 4.79 Å². The van der Waals surface area contributed by atoms with E-state index in [1.54, 1.807) is 42.3 Å². The van der Waals surface area contributed by atoms with Gasteiger partial charge in [0.2, 0.25) is 0 Å². The van der Waals surface area contributed by atoms with Crippen molar-refractivity contribution in [3.05, 3.63) is 95.1 Å². The Hall–Kier alpha value is -3.38. The summed E-state index contributed by atoms with van der Waals surface area (Å²) in [5, 5.41) is 7.63. The molecule has 4 rings (SSSR count). The summed E-state index contributed by atoms with van der Waals surface area (Å²) >= 11 is 3.45. The summed E-state index contributed by atoms with van der Waals surface area (Å²) in [5.41, 5.74) is 3.54. The average molecular weight is 448 g/mol. The van der Waals surface area contributed by atoms with Crippen LogP contribution in [-0.2, 0) is 0 Å². The zero-order valence-corrected chi connectivity index (χ0v) is 17.3. The maximum absolute atomic E-state index is 13.1. The van der Waals surface area contributed by atoms with Gasteiger partial charge in [0.25, 0.3) is 5.91 Å². The molecule has 4 aromatic rings. The van der Waals surface area contributed by atoms with Crippen LogP contribution in [0.5, 0.6) is 5.75 Å². The number of amides is 1. The van der Waals surface area contributed by atoms with Crippen molar-refractivity contribution in [1.82, 2.24) is 9.78 Å². The summed E-state index contributed by atoms with van der Waals surface area (Å²) in [6.45, 7) is 0. The Labute approximate surface area is 177 Å². The summed E-state index contributed by atoms with van der Waals surface area (Å²) in [4.78, 5) is 13.1. The lowest BCUT2D eigenvalue weighted by Crippen LogP contribution is -2.12. The van der Waals surface area contributed by atoms with Gasteiger partial charge in [0, 0.05) is 21.9 Å². The van der Waals surface area contributed by atoms with Crippen LogP contribution >= 0.6 is 15.9 Å². The first-order valence-corrected chi connectivity index (χ1v) is 9.80. The molecule has 0 aliphatic rings. The van der Waals surface area contributed by atoms with Crippen LogP contribution in [-0.4, -0.2) is 22.8 Å². The molecule has 6 heteroatoms. The topological polar surface area (TPSA) is 56.1 Å². The highest BCUT2D eigenvalue weighted by molar-refractivity contribution is 9.10. The first kappa shape index (κ1) is 19.0. The Morgan fingerprint density at radius 2 is 1.66 bits per heavy atom. The van der Waals surface area contributed by atoms with Crippen LogP contribution in [0.4, 0.5) is 5.69 Å². The number of methoxy groups -OCH3 is 1. The van der Waals surface area contributed by atoms with E-state index < -0.39 is 0 Å². The van der Waals surface area contributed by atoms with E-state index in [1.807, 2.05) is 54.6 Å². The van der Waals surface area contributed by atoms with Gasteiger partial charge in [0.1, 0.15) is 11.4 Å². The van der Waals surface area contributed by atoms with Gasteiger partial charge in [-0.1, -0.05) is 46.3 Å². The third-order valence-electron chi connectivity index (χ3n) is 4.45. The molecule has 1 amide bonds. The molecular weight excluding hydrogens is 430 g/mol. The number of aromatic nitrogens is 2. The van der Waals surface area contributed by atoms with E-state index in [4.69, 9.17) is 9.84 Å². The van der Waals surface area contributed by atoms with Gasteiger partial charge in [-0.25, -0.2) is 4.68 Å². The molecule has 0 atom stereocenters. The van der Waals surface area contributed by atoms with Crippen molar-refractivity contribution in [3.63, 3.8) is 0 Å². The molecular formula is C23H18BrN3O2. The molecule has 29 heavy (non-hydrogen) atoms. The van der Waals surface area contributed by atoms with Crippen LogP contribution in [0, 0.1) is 0 Å². The standard InChI is InChI=1S/C23H18BrN3O2/c1-29-20-13-11-18(12-14-20)25-23(28)21-15-27(19-5-3-2-4-6-19)26-22(21)16-7-9-17(24)10-8-16/h2-15H,1H3,(H,25,28). The first-order valence-electron chi connectivity index (χ1n) is 9.00. The highest BCUT2D eigenvalue weighted by atomic mass is 79.9. The Kier molecular flexibility index (Phi) is 5.44. The van der Waals surface area contributed by atoms with Gasteiger partial charge in [0.15, 0.2) is 0 Å². The van der Waals surface area contributed by atoms with E-state index in [9.17, 15) is 4.79 Å². The van der Waals surface area contributed by atoms with Gasteiger partial charge >= 0.3 is 0 Å². The zero-order valence-electron chi connectivity index (χ0n) is 15.7. The van der Waals surface area contributed by atoms with E-state index in [0.717, 1.165) is 21.5 Å². The second kappa shape index (κ2) is 8.32. The summed E-state index contributed by atoms with van der Waals surface area (Å²) < 4.78 is 7.86. The average Bonchev–Trinajstić information content (AvgIpc) is 3.21. The van der Waals surface area contributed by atoms with Crippen molar-refractivity contribution in [3.8, 4) is 22.7 Å². The Morgan fingerprint density at radius 1 is 0.966 bits per heavy atom. The molecule has 3 aromatic carbocycles. The molecule has 0 unspecified atom stereocenters. The fraction of sp³-hybridized carbons (Fsp3) is 0.0435. The second-order valence-electron chi connectivity index (χ2n) is 6.36. The highest BCUT2D eigenvalue weighted by Gasteiger charge is 2.19. The second-order valence-corrected chi connectivity index (χ2v) is 7.28. The number of anilines is 1. The third kappa shape index (κ3) is 4.22. The SMILES string of the molecule is COc1ccc(NC(=O)c2cn(-c3ccccc3)nc2-c2ccc(Br)cc2)cc1. The van der Waals surface area contributed by atoms with E-state index >= 15 is 0 Å². The molecule has 5 nitrogen and oxygen atoms in total. The molecule has 0 saturated carbocycles. The number of hydrogen-bond donors (Lipinski definition) is 1. The normalized spacial score (nSPS) is 10.6. The monoisotopic (exact) mass is 447 g/mol. The number of nitrogens with one attached hydrogen (secondary N) is 1. The van der Waals surface area contributed by atoms with Crippen LogP contribution in [0.15, 0.2) is 89.5 Å². The molecule has 0 saturated heterocycles. The van der Waals surface area contributed by atoms with Crippen LogP contribution in [0.1, 0.15) is 10.4 Å². The van der Waals surface area contributed by atoms with E-state index in [2.05, 4.69) is 21.2 Å².